The van der Waals surface area contributed by atoms with Gasteiger partial charge in [0.05, 0.1) is 0 Å². The van der Waals surface area contributed by atoms with Gasteiger partial charge < -0.3 is 0 Å². The molecule has 0 radical (unpaired) electrons. The monoisotopic (exact) mass is 542 g/mol. The van der Waals surface area contributed by atoms with Gasteiger partial charge >= 0.3 is 0 Å². The molecule has 0 nitrogen and oxygen atoms in total. The standard InChI is InChI=1S/C42H38/c1-41(2,3)39-35-31-23-15-7-11-19-27(23)33(28-20-12-8-16-24(28)31)37(35)40(42(4,5)6)38-34-29-21-13-9-17-25(29)32(36(38)39)26-18-10-14-22-30(26)34/h7-22,31-34H,1-6H3. The molecule has 6 aliphatic rings. The molecule has 0 atom stereocenters. The maximum absolute atomic E-state index is 2.47. The first-order valence-corrected chi connectivity index (χ1v) is 15.8. The van der Waals surface area contributed by atoms with Gasteiger partial charge in [-0.2, -0.15) is 0 Å². The highest BCUT2D eigenvalue weighted by Gasteiger charge is 2.52. The Hall–Kier alpha value is -3.90. The molecule has 5 aromatic carbocycles. The average molecular weight is 543 g/mol. The first-order valence-electron chi connectivity index (χ1n) is 15.8. The summed E-state index contributed by atoms with van der Waals surface area (Å²) in [5.74, 6) is 1.07. The van der Waals surface area contributed by atoms with E-state index in [1.807, 2.05) is 0 Å². The van der Waals surface area contributed by atoms with Crippen molar-refractivity contribution in [1.82, 2.24) is 0 Å². The highest BCUT2D eigenvalue weighted by atomic mass is 14.6. The molecule has 0 saturated carbocycles. The third-order valence-corrected chi connectivity index (χ3v) is 10.8. The van der Waals surface area contributed by atoms with Crippen LogP contribution in [0.15, 0.2) is 97.1 Å². The molecule has 0 aromatic heterocycles. The molecule has 0 heterocycles. The molecule has 4 bridgehead atoms. The second-order valence-electron chi connectivity index (χ2n) is 15.2. The summed E-state index contributed by atoms with van der Waals surface area (Å²) < 4.78 is 0. The van der Waals surface area contributed by atoms with Crippen molar-refractivity contribution in [2.45, 2.75) is 76.0 Å². The summed E-state index contributed by atoms with van der Waals surface area (Å²) in [5.41, 5.74) is 21.8. The van der Waals surface area contributed by atoms with E-state index < -0.39 is 0 Å². The first-order chi connectivity index (χ1) is 20.2. The third-order valence-electron chi connectivity index (χ3n) is 10.8. The van der Waals surface area contributed by atoms with Crippen LogP contribution in [0.3, 0.4) is 0 Å². The van der Waals surface area contributed by atoms with Gasteiger partial charge in [0.2, 0.25) is 0 Å². The number of benzene rings is 5. The van der Waals surface area contributed by atoms with Gasteiger partial charge in [-0.25, -0.2) is 0 Å². The third kappa shape index (κ3) is 2.89. The molecule has 0 N–H and O–H groups in total. The fraction of sp³-hybridized carbons (Fsp3) is 0.286. The first kappa shape index (κ1) is 24.7. The number of rotatable bonds is 0. The topological polar surface area (TPSA) is 0 Å². The molecule has 5 aromatic rings. The van der Waals surface area contributed by atoms with Gasteiger partial charge in [0.15, 0.2) is 0 Å². The number of hydrogen-bond acceptors (Lipinski definition) is 0. The van der Waals surface area contributed by atoms with Gasteiger partial charge in [0, 0.05) is 23.7 Å². The SMILES string of the molecule is CC(C)(C)c1c2c(c(C(C)(C)C)c3c1C1c4ccccc4C3c3ccccc31)C1c3ccccc3C2c2ccccc21. The zero-order valence-electron chi connectivity index (χ0n) is 25.5. The fourth-order valence-electron chi connectivity index (χ4n) is 9.71. The van der Waals surface area contributed by atoms with Gasteiger partial charge in [0.25, 0.3) is 0 Å². The predicted molar refractivity (Wildman–Crippen MR) is 173 cm³/mol. The Morgan fingerprint density at radius 2 is 0.476 bits per heavy atom. The molecule has 6 aliphatic carbocycles. The van der Waals surface area contributed by atoms with Gasteiger partial charge in [0.1, 0.15) is 0 Å². The predicted octanol–water partition coefficient (Wildman–Crippen LogP) is 10.3. The normalized spacial score (nSPS) is 22.0. The van der Waals surface area contributed by atoms with Crippen molar-refractivity contribution in [1.29, 1.82) is 0 Å². The van der Waals surface area contributed by atoms with Crippen LogP contribution >= 0.6 is 0 Å². The van der Waals surface area contributed by atoms with Crippen LogP contribution in [0.2, 0.25) is 0 Å². The van der Waals surface area contributed by atoms with E-state index in [0.29, 0.717) is 0 Å². The van der Waals surface area contributed by atoms with Crippen LogP contribution in [0.4, 0.5) is 0 Å². The second kappa shape index (κ2) is 7.93. The van der Waals surface area contributed by atoms with E-state index in [0.717, 1.165) is 0 Å². The number of hydrogen-bond donors (Lipinski definition) is 0. The van der Waals surface area contributed by atoms with Gasteiger partial charge in [-0.3, -0.25) is 0 Å². The summed E-state index contributed by atoms with van der Waals surface area (Å²) in [6.45, 7) is 14.8. The molecule has 0 heteroatoms. The van der Waals surface area contributed by atoms with Crippen molar-refractivity contribution >= 4 is 0 Å². The van der Waals surface area contributed by atoms with E-state index >= 15 is 0 Å². The molecule has 0 unspecified atom stereocenters. The zero-order chi connectivity index (χ0) is 28.7. The van der Waals surface area contributed by atoms with Crippen molar-refractivity contribution < 1.29 is 0 Å². The summed E-state index contributed by atoms with van der Waals surface area (Å²) in [5, 5.41) is 0. The van der Waals surface area contributed by atoms with Gasteiger partial charge in [-0.05, 0) is 88.7 Å². The van der Waals surface area contributed by atoms with Crippen LogP contribution in [-0.2, 0) is 10.8 Å². The van der Waals surface area contributed by atoms with Crippen LogP contribution in [0.25, 0.3) is 0 Å². The Labute approximate surface area is 250 Å². The highest BCUT2D eigenvalue weighted by Crippen LogP contribution is 2.66. The van der Waals surface area contributed by atoms with E-state index in [-0.39, 0.29) is 34.5 Å². The van der Waals surface area contributed by atoms with Crippen LogP contribution in [-0.4, -0.2) is 0 Å². The van der Waals surface area contributed by atoms with Crippen molar-refractivity contribution in [3.63, 3.8) is 0 Å². The molecule has 0 spiro atoms. The van der Waals surface area contributed by atoms with Gasteiger partial charge in [-0.1, -0.05) is 139 Å². The largest absolute Gasteiger partial charge is 0.0619 e. The summed E-state index contributed by atoms with van der Waals surface area (Å²) in [6, 6.07) is 37.5. The lowest BCUT2D eigenvalue weighted by Gasteiger charge is -2.53. The molecule has 0 amide bonds. The Kier molecular flexibility index (Phi) is 4.66. The molecule has 11 rings (SSSR count). The Morgan fingerprint density at radius 3 is 0.619 bits per heavy atom. The minimum absolute atomic E-state index is 0.00663. The molecular weight excluding hydrogens is 504 g/mol. The lowest BCUT2D eigenvalue weighted by atomic mass is 9.50. The van der Waals surface area contributed by atoms with E-state index in [1.54, 1.807) is 33.4 Å². The summed E-state index contributed by atoms with van der Waals surface area (Å²) in [4.78, 5) is 0. The Bertz CT molecular complexity index is 1610. The lowest BCUT2D eigenvalue weighted by molar-refractivity contribution is 0.524. The lowest BCUT2D eigenvalue weighted by Crippen LogP contribution is -2.40. The Morgan fingerprint density at radius 1 is 0.310 bits per heavy atom. The summed E-state index contributed by atoms with van der Waals surface area (Å²) >= 11 is 0. The molecule has 0 aliphatic heterocycles. The van der Waals surface area contributed by atoms with E-state index in [9.17, 15) is 0 Å². The van der Waals surface area contributed by atoms with Gasteiger partial charge in [-0.15, -0.1) is 0 Å². The maximum atomic E-state index is 2.47. The van der Waals surface area contributed by atoms with Crippen LogP contribution < -0.4 is 0 Å². The van der Waals surface area contributed by atoms with Crippen LogP contribution in [0.5, 0.6) is 0 Å². The van der Waals surface area contributed by atoms with Crippen LogP contribution in [0, 0.1) is 0 Å². The Balaban J connectivity index is 1.53. The molecular formula is C42H38. The molecule has 0 fully saturated rings. The summed E-state index contributed by atoms with van der Waals surface area (Å²) in [7, 11) is 0. The smallest absolute Gasteiger partial charge is 0.0352 e. The quantitative estimate of drug-likeness (QED) is 0.179. The van der Waals surface area contributed by atoms with Crippen molar-refractivity contribution in [3.8, 4) is 0 Å². The minimum atomic E-state index is -0.00663. The molecule has 0 saturated heterocycles. The molecule has 206 valence electrons. The van der Waals surface area contributed by atoms with E-state index in [1.165, 1.54) is 44.5 Å². The molecule has 42 heavy (non-hydrogen) atoms. The maximum Gasteiger partial charge on any atom is 0.0352 e. The fourth-order valence-corrected chi connectivity index (χ4v) is 9.71. The minimum Gasteiger partial charge on any atom is -0.0619 e. The highest BCUT2D eigenvalue weighted by molar-refractivity contribution is 5.80. The van der Waals surface area contributed by atoms with E-state index in [4.69, 9.17) is 0 Å². The summed E-state index contributed by atoms with van der Waals surface area (Å²) in [6.07, 6.45) is 0. The van der Waals surface area contributed by atoms with Crippen molar-refractivity contribution in [2.24, 2.45) is 0 Å². The zero-order valence-corrected chi connectivity index (χ0v) is 25.5. The average Bonchev–Trinajstić information content (AvgIpc) is 2.98. The second-order valence-corrected chi connectivity index (χ2v) is 15.2. The van der Waals surface area contributed by atoms with E-state index in [2.05, 4.69) is 139 Å². The van der Waals surface area contributed by atoms with Crippen molar-refractivity contribution in [2.75, 3.05) is 0 Å². The van der Waals surface area contributed by atoms with Crippen molar-refractivity contribution in [3.05, 3.63) is 175 Å². The van der Waals surface area contributed by atoms with Crippen LogP contribution in [0.1, 0.15) is 143 Å².